The SMILES string of the molecule is CN(C(=O)c1cccc(-c2ccc(F)cc2)c1)c1cc2oc(=O)c(C(=O)O)cc2s1. The molecule has 0 aliphatic carbocycles. The highest BCUT2D eigenvalue weighted by atomic mass is 32.1. The van der Waals surface area contributed by atoms with Crippen LogP contribution < -0.4 is 10.5 Å². The molecule has 0 bridgehead atoms. The number of anilines is 1. The predicted octanol–water partition coefficient (Wildman–Crippen LogP) is 4.64. The molecule has 4 aromatic rings. The molecule has 2 aromatic heterocycles. The van der Waals surface area contributed by atoms with Crippen molar-refractivity contribution in [3.63, 3.8) is 0 Å². The van der Waals surface area contributed by atoms with E-state index < -0.39 is 17.2 Å². The Labute approximate surface area is 173 Å². The number of aromatic carboxylic acids is 1. The Hall–Kier alpha value is -3.78. The summed E-state index contributed by atoms with van der Waals surface area (Å²) in [6, 6.07) is 15.7. The van der Waals surface area contributed by atoms with Gasteiger partial charge in [0.25, 0.3) is 5.91 Å². The van der Waals surface area contributed by atoms with Gasteiger partial charge in [0.15, 0.2) is 5.58 Å². The Balaban J connectivity index is 1.67. The van der Waals surface area contributed by atoms with Gasteiger partial charge in [-0.2, -0.15) is 0 Å². The third kappa shape index (κ3) is 3.60. The maximum atomic E-state index is 13.2. The van der Waals surface area contributed by atoms with Crippen molar-refractivity contribution < 1.29 is 23.5 Å². The number of halogens is 1. The number of carbonyl (C=O) groups is 2. The smallest absolute Gasteiger partial charge is 0.351 e. The average Bonchev–Trinajstić information content (AvgIpc) is 3.15. The van der Waals surface area contributed by atoms with E-state index in [4.69, 9.17) is 9.52 Å². The second kappa shape index (κ2) is 7.57. The number of fused-ring (bicyclic) bond motifs is 1. The highest BCUT2D eigenvalue weighted by Gasteiger charge is 2.19. The summed E-state index contributed by atoms with van der Waals surface area (Å²) in [7, 11) is 1.58. The number of amides is 1. The third-order valence-corrected chi connectivity index (χ3v) is 5.70. The van der Waals surface area contributed by atoms with Gasteiger partial charge in [0, 0.05) is 18.7 Å². The zero-order chi connectivity index (χ0) is 21.4. The molecule has 30 heavy (non-hydrogen) atoms. The van der Waals surface area contributed by atoms with E-state index in [1.54, 1.807) is 37.4 Å². The minimum absolute atomic E-state index is 0.213. The quantitative estimate of drug-likeness (QED) is 0.517. The van der Waals surface area contributed by atoms with E-state index in [-0.39, 0.29) is 17.3 Å². The van der Waals surface area contributed by atoms with Gasteiger partial charge in [-0.15, -0.1) is 11.3 Å². The summed E-state index contributed by atoms with van der Waals surface area (Å²) in [6.07, 6.45) is 0. The summed E-state index contributed by atoms with van der Waals surface area (Å²) in [4.78, 5) is 37.3. The molecule has 2 heterocycles. The Morgan fingerprint density at radius 2 is 1.77 bits per heavy atom. The van der Waals surface area contributed by atoms with E-state index in [1.165, 1.54) is 29.2 Å². The second-order valence-electron chi connectivity index (χ2n) is 6.52. The minimum Gasteiger partial charge on any atom is -0.477 e. The molecule has 0 saturated heterocycles. The van der Waals surface area contributed by atoms with Crippen LogP contribution in [-0.4, -0.2) is 24.0 Å². The van der Waals surface area contributed by atoms with E-state index in [2.05, 4.69) is 0 Å². The first-order valence-electron chi connectivity index (χ1n) is 8.78. The number of hydrogen-bond donors (Lipinski definition) is 1. The van der Waals surface area contributed by atoms with Gasteiger partial charge >= 0.3 is 11.6 Å². The predicted molar refractivity (Wildman–Crippen MR) is 112 cm³/mol. The van der Waals surface area contributed by atoms with Crippen LogP contribution in [0.5, 0.6) is 0 Å². The van der Waals surface area contributed by atoms with Crippen molar-refractivity contribution in [3.8, 4) is 11.1 Å². The standard InChI is InChI=1S/C22H14FNO5S/c1-24(19-11-17-18(30-19)10-16(21(26)27)22(28)29-17)20(25)14-4-2-3-13(9-14)12-5-7-15(23)8-6-12/h2-11H,1H3,(H,26,27). The lowest BCUT2D eigenvalue weighted by Gasteiger charge is -2.15. The highest BCUT2D eigenvalue weighted by molar-refractivity contribution is 7.22. The summed E-state index contributed by atoms with van der Waals surface area (Å²) < 4.78 is 18.7. The molecule has 0 aliphatic heterocycles. The Kier molecular flexibility index (Phi) is 4.93. The zero-order valence-corrected chi connectivity index (χ0v) is 16.4. The first-order chi connectivity index (χ1) is 14.3. The molecule has 1 amide bonds. The van der Waals surface area contributed by atoms with Gasteiger partial charge in [-0.05, 0) is 41.5 Å². The first-order valence-corrected chi connectivity index (χ1v) is 9.60. The van der Waals surface area contributed by atoms with Crippen LogP contribution in [0.4, 0.5) is 9.39 Å². The molecule has 0 fully saturated rings. The minimum atomic E-state index is -1.37. The van der Waals surface area contributed by atoms with Crippen LogP contribution in [0.25, 0.3) is 21.4 Å². The van der Waals surface area contributed by atoms with Crippen molar-refractivity contribution in [2.75, 3.05) is 11.9 Å². The Bertz CT molecular complexity index is 1340. The lowest BCUT2D eigenvalue weighted by Crippen LogP contribution is -2.25. The molecular formula is C22H14FNO5S. The van der Waals surface area contributed by atoms with E-state index in [9.17, 15) is 18.8 Å². The Morgan fingerprint density at radius 3 is 2.47 bits per heavy atom. The summed E-state index contributed by atoms with van der Waals surface area (Å²) in [5.74, 6) is -2.01. The monoisotopic (exact) mass is 423 g/mol. The zero-order valence-electron chi connectivity index (χ0n) is 15.6. The lowest BCUT2D eigenvalue weighted by molar-refractivity contribution is 0.0692. The fraction of sp³-hybridized carbons (Fsp3) is 0.0455. The molecule has 0 unspecified atom stereocenters. The second-order valence-corrected chi connectivity index (χ2v) is 7.58. The van der Waals surface area contributed by atoms with Crippen LogP contribution >= 0.6 is 11.3 Å². The van der Waals surface area contributed by atoms with Gasteiger partial charge in [-0.25, -0.2) is 14.0 Å². The third-order valence-electron chi connectivity index (χ3n) is 4.56. The normalized spacial score (nSPS) is 10.9. The summed E-state index contributed by atoms with van der Waals surface area (Å²) in [5.41, 5.74) is 0.771. The molecule has 6 nitrogen and oxygen atoms in total. The highest BCUT2D eigenvalue weighted by Crippen LogP contribution is 2.33. The maximum Gasteiger partial charge on any atom is 0.351 e. The van der Waals surface area contributed by atoms with Gasteiger partial charge in [-0.1, -0.05) is 24.3 Å². The van der Waals surface area contributed by atoms with E-state index >= 15 is 0 Å². The number of thiophene rings is 1. The van der Waals surface area contributed by atoms with E-state index in [0.29, 0.717) is 15.3 Å². The van der Waals surface area contributed by atoms with Crippen LogP contribution in [0, 0.1) is 5.82 Å². The molecule has 0 spiro atoms. The molecular weight excluding hydrogens is 409 g/mol. The summed E-state index contributed by atoms with van der Waals surface area (Å²) in [6.45, 7) is 0. The van der Waals surface area contributed by atoms with Gasteiger partial charge in [-0.3, -0.25) is 4.79 Å². The van der Waals surface area contributed by atoms with Crippen molar-refractivity contribution in [2.45, 2.75) is 0 Å². The number of rotatable bonds is 4. The number of carbonyl (C=O) groups excluding carboxylic acids is 1. The summed E-state index contributed by atoms with van der Waals surface area (Å²) in [5, 5.41) is 9.57. The fourth-order valence-corrected chi connectivity index (χ4v) is 3.97. The first kappa shape index (κ1) is 19.5. The molecule has 0 radical (unpaired) electrons. The van der Waals surface area contributed by atoms with E-state index in [0.717, 1.165) is 22.5 Å². The van der Waals surface area contributed by atoms with Gasteiger partial charge in [0.1, 0.15) is 16.4 Å². The number of benzene rings is 2. The maximum absolute atomic E-state index is 13.2. The molecule has 0 atom stereocenters. The van der Waals surface area contributed by atoms with Crippen LogP contribution in [0.1, 0.15) is 20.7 Å². The lowest BCUT2D eigenvalue weighted by atomic mass is 10.0. The topological polar surface area (TPSA) is 87.8 Å². The largest absolute Gasteiger partial charge is 0.477 e. The van der Waals surface area contributed by atoms with E-state index in [1.807, 2.05) is 6.07 Å². The van der Waals surface area contributed by atoms with Crippen molar-refractivity contribution >= 4 is 38.5 Å². The number of hydrogen-bond acceptors (Lipinski definition) is 5. The van der Waals surface area contributed by atoms with Gasteiger partial charge in [0.05, 0.1) is 4.70 Å². The van der Waals surface area contributed by atoms with Crippen LogP contribution in [0.3, 0.4) is 0 Å². The van der Waals surface area contributed by atoms with Gasteiger partial charge in [0.2, 0.25) is 0 Å². The van der Waals surface area contributed by atoms with Crippen LogP contribution in [0.2, 0.25) is 0 Å². The van der Waals surface area contributed by atoms with Crippen molar-refractivity contribution in [1.29, 1.82) is 0 Å². The van der Waals surface area contributed by atoms with Crippen LogP contribution in [0.15, 0.2) is 69.9 Å². The molecule has 8 heteroatoms. The molecule has 0 aliphatic rings. The molecule has 0 saturated carbocycles. The van der Waals surface area contributed by atoms with Gasteiger partial charge < -0.3 is 14.4 Å². The van der Waals surface area contributed by atoms with Crippen molar-refractivity contribution in [2.24, 2.45) is 0 Å². The number of carboxylic acid groups (broad SMARTS) is 1. The molecule has 4 rings (SSSR count). The average molecular weight is 423 g/mol. The molecule has 150 valence electrons. The molecule has 2 aromatic carbocycles. The fourth-order valence-electron chi connectivity index (χ4n) is 2.98. The number of carboxylic acids is 1. The summed E-state index contributed by atoms with van der Waals surface area (Å²) >= 11 is 1.14. The Morgan fingerprint density at radius 1 is 1.03 bits per heavy atom. The molecule has 1 N–H and O–H groups in total. The number of nitrogens with zero attached hydrogens (tertiary/aromatic N) is 1. The van der Waals surface area contributed by atoms with Crippen LogP contribution in [-0.2, 0) is 0 Å². The van der Waals surface area contributed by atoms with Crippen molar-refractivity contribution in [3.05, 3.63) is 88.0 Å². The van der Waals surface area contributed by atoms with Crippen molar-refractivity contribution in [1.82, 2.24) is 0 Å².